The Morgan fingerprint density at radius 3 is 2.88 bits per heavy atom. The van der Waals surface area contributed by atoms with Crippen LogP contribution in [-0.4, -0.2) is 27.8 Å². The molecule has 4 nitrogen and oxygen atoms in total. The smallest absolute Gasteiger partial charge is 0.117 e. The van der Waals surface area contributed by atoms with Crippen LogP contribution in [0.3, 0.4) is 0 Å². The fourth-order valence-corrected chi connectivity index (χ4v) is 2.23. The van der Waals surface area contributed by atoms with Gasteiger partial charge in [0.2, 0.25) is 0 Å². The van der Waals surface area contributed by atoms with E-state index in [4.69, 9.17) is 0 Å². The second-order valence-electron chi connectivity index (χ2n) is 3.93. The minimum atomic E-state index is 0. The summed E-state index contributed by atoms with van der Waals surface area (Å²) in [4.78, 5) is 7.73. The van der Waals surface area contributed by atoms with Crippen molar-refractivity contribution in [3.05, 3.63) is 29.5 Å². The average Bonchev–Trinajstić information content (AvgIpc) is 2.57. The standard InChI is InChI=1S/C12H12N2O.ClH.H2O/c1-7-12-10(4-5-13-7)9-3-2-8(15)6-11(9)14-12;;/h2-3,6,14-15H,4-5H2,1H3;1H;1H2. The Kier molecular flexibility index (Phi) is 3.80. The summed E-state index contributed by atoms with van der Waals surface area (Å²) in [5, 5.41) is 10.6. The zero-order valence-electron chi connectivity index (χ0n) is 9.45. The number of fused-ring (bicyclic) bond motifs is 3. The molecule has 1 aromatic heterocycles. The SMILES string of the molecule is CC1=NCCc2c1[nH]c1cc(O)ccc21.Cl.O. The van der Waals surface area contributed by atoms with Crippen molar-refractivity contribution in [2.24, 2.45) is 4.99 Å². The minimum Gasteiger partial charge on any atom is -0.508 e. The number of halogens is 1. The van der Waals surface area contributed by atoms with Gasteiger partial charge in [0, 0.05) is 23.5 Å². The summed E-state index contributed by atoms with van der Waals surface area (Å²) in [6.45, 7) is 2.89. The van der Waals surface area contributed by atoms with E-state index in [2.05, 4.69) is 9.98 Å². The molecule has 0 bridgehead atoms. The number of aliphatic imine (C=N–C) groups is 1. The maximum absolute atomic E-state index is 9.41. The van der Waals surface area contributed by atoms with E-state index in [1.807, 2.05) is 13.0 Å². The zero-order chi connectivity index (χ0) is 10.4. The molecule has 2 heterocycles. The van der Waals surface area contributed by atoms with Gasteiger partial charge in [0.1, 0.15) is 5.75 Å². The number of aromatic amines is 1. The van der Waals surface area contributed by atoms with Gasteiger partial charge in [-0.05, 0) is 31.0 Å². The maximum Gasteiger partial charge on any atom is 0.117 e. The quantitative estimate of drug-likeness (QED) is 0.739. The lowest BCUT2D eigenvalue weighted by atomic mass is 10.0. The van der Waals surface area contributed by atoms with Crippen LogP contribution in [0.25, 0.3) is 10.9 Å². The van der Waals surface area contributed by atoms with Gasteiger partial charge in [0.05, 0.1) is 11.4 Å². The largest absolute Gasteiger partial charge is 0.508 e. The molecule has 0 atom stereocenters. The average molecular weight is 255 g/mol. The summed E-state index contributed by atoms with van der Waals surface area (Å²) >= 11 is 0. The van der Waals surface area contributed by atoms with Crippen molar-refractivity contribution in [3.8, 4) is 5.75 Å². The van der Waals surface area contributed by atoms with Crippen LogP contribution in [-0.2, 0) is 6.42 Å². The Balaban J connectivity index is 0.000000722. The van der Waals surface area contributed by atoms with Gasteiger partial charge in [-0.2, -0.15) is 0 Å². The lowest BCUT2D eigenvalue weighted by Crippen LogP contribution is -2.08. The van der Waals surface area contributed by atoms with Gasteiger partial charge in [-0.25, -0.2) is 0 Å². The number of nitrogens with one attached hydrogen (secondary N) is 1. The molecule has 1 aliphatic heterocycles. The molecule has 0 unspecified atom stereocenters. The van der Waals surface area contributed by atoms with E-state index in [9.17, 15) is 5.11 Å². The molecule has 0 amide bonds. The normalized spacial score (nSPS) is 13.4. The molecule has 1 aromatic carbocycles. The van der Waals surface area contributed by atoms with Gasteiger partial charge >= 0.3 is 0 Å². The maximum atomic E-state index is 9.41. The number of H-pyrrole nitrogens is 1. The van der Waals surface area contributed by atoms with E-state index in [0.29, 0.717) is 5.75 Å². The topological polar surface area (TPSA) is 79.9 Å². The molecule has 2 aromatic rings. The lowest BCUT2D eigenvalue weighted by molar-refractivity contribution is 0.476. The molecule has 0 radical (unpaired) electrons. The highest BCUT2D eigenvalue weighted by molar-refractivity contribution is 6.05. The van der Waals surface area contributed by atoms with Crippen LogP contribution in [0.5, 0.6) is 5.75 Å². The van der Waals surface area contributed by atoms with Crippen molar-refractivity contribution in [1.82, 2.24) is 4.98 Å². The summed E-state index contributed by atoms with van der Waals surface area (Å²) in [6.07, 6.45) is 0.984. The van der Waals surface area contributed by atoms with Gasteiger partial charge in [0.25, 0.3) is 0 Å². The fourth-order valence-electron chi connectivity index (χ4n) is 2.23. The molecule has 17 heavy (non-hydrogen) atoms. The summed E-state index contributed by atoms with van der Waals surface area (Å²) in [6, 6.07) is 5.47. The van der Waals surface area contributed by atoms with Crippen LogP contribution in [0.15, 0.2) is 23.2 Å². The van der Waals surface area contributed by atoms with Crippen LogP contribution >= 0.6 is 12.4 Å². The van der Waals surface area contributed by atoms with Crippen LogP contribution < -0.4 is 0 Å². The van der Waals surface area contributed by atoms with Gasteiger partial charge in [0.15, 0.2) is 0 Å². The van der Waals surface area contributed by atoms with E-state index in [1.165, 1.54) is 10.9 Å². The van der Waals surface area contributed by atoms with E-state index in [1.54, 1.807) is 12.1 Å². The number of phenolic OH excluding ortho intramolecular Hbond substituents is 1. The fraction of sp³-hybridized carbons (Fsp3) is 0.250. The van der Waals surface area contributed by atoms with Crippen molar-refractivity contribution in [3.63, 3.8) is 0 Å². The van der Waals surface area contributed by atoms with Crippen LogP contribution in [0, 0.1) is 0 Å². The third-order valence-corrected chi connectivity index (χ3v) is 2.96. The first-order valence-corrected chi connectivity index (χ1v) is 5.11. The summed E-state index contributed by atoms with van der Waals surface area (Å²) in [5.41, 5.74) is 4.52. The van der Waals surface area contributed by atoms with Gasteiger partial charge in [-0.1, -0.05) is 0 Å². The number of aromatic nitrogens is 1. The second kappa shape index (κ2) is 4.77. The molecule has 5 heteroatoms. The third kappa shape index (κ3) is 2.01. The predicted octanol–water partition coefficient (Wildman–Crippen LogP) is 1.84. The molecule has 0 saturated heterocycles. The molecule has 92 valence electrons. The summed E-state index contributed by atoms with van der Waals surface area (Å²) in [5.74, 6) is 0.302. The van der Waals surface area contributed by atoms with Crippen molar-refractivity contribution in [1.29, 1.82) is 0 Å². The van der Waals surface area contributed by atoms with E-state index in [0.717, 1.165) is 29.9 Å². The third-order valence-electron chi connectivity index (χ3n) is 2.96. The first-order valence-electron chi connectivity index (χ1n) is 5.11. The Labute approximate surface area is 105 Å². The number of benzene rings is 1. The molecular formula is C12H15ClN2O2. The van der Waals surface area contributed by atoms with E-state index < -0.39 is 0 Å². The lowest BCUT2D eigenvalue weighted by Gasteiger charge is -2.08. The zero-order valence-corrected chi connectivity index (χ0v) is 10.3. The first-order chi connectivity index (χ1) is 7.25. The number of hydrogen-bond acceptors (Lipinski definition) is 2. The molecular weight excluding hydrogens is 240 g/mol. The molecule has 4 N–H and O–H groups in total. The van der Waals surface area contributed by atoms with Gasteiger partial charge in [-0.15, -0.1) is 12.4 Å². The highest BCUT2D eigenvalue weighted by atomic mass is 35.5. The molecule has 3 rings (SSSR count). The monoisotopic (exact) mass is 254 g/mol. The highest BCUT2D eigenvalue weighted by Crippen LogP contribution is 2.28. The van der Waals surface area contributed by atoms with Crippen LogP contribution in [0.2, 0.25) is 0 Å². The predicted molar refractivity (Wildman–Crippen MR) is 71.6 cm³/mol. The van der Waals surface area contributed by atoms with E-state index >= 15 is 0 Å². The van der Waals surface area contributed by atoms with Crippen molar-refractivity contribution in [2.75, 3.05) is 6.54 Å². The van der Waals surface area contributed by atoms with E-state index in [-0.39, 0.29) is 17.9 Å². The van der Waals surface area contributed by atoms with Crippen molar-refractivity contribution >= 4 is 29.0 Å². The summed E-state index contributed by atoms with van der Waals surface area (Å²) in [7, 11) is 0. The molecule has 0 fully saturated rings. The number of phenols is 1. The summed E-state index contributed by atoms with van der Waals surface area (Å²) < 4.78 is 0. The van der Waals surface area contributed by atoms with Crippen LogP contribution in [0.1, 0.15) is 18.2 Å². The van der Waals surface area contributed by atoms with Gasteiger partial charge < -0.3 is 15.6 Å². The molecule has 0 saturated carbocycles. The minimum absolute atomic E-state index is 0. The molecule has 0 aliphatic carbocycles. The Hall–Kier alpha value is -1.52. The Morgan fingerprint density at radius 1 is 1.35 bits per heavy atom. The first kappa shape index (κ1) is 13.5. The Morgan fingerprint density at radius 2 is 2.12 bits per heavy atom. The van der Waals surface area contributed by atoms with Crippen molar-refractivity contribution in [2.45, 2.75) is 13.3 Å². The number of rotatable bonds is 0. The number of nitrogens with zero attached hydrogens (tertiary/aromatic N) is 1. The van der Waals surface area contributed by atoms with Crippen molar-refractivity contribution < 1.29 is 10.6 Å². The molecule has 0 spiro atoms. The Bertz CT molecular complexity index is 575. The highest BCUT2D eigenvalue weighted by Gasteiger charge is 2.16. The van der Waals surface area contributed by atoms with Gasteiger partial charge in [-0.3, -0.25) is 4.99 Å². The number of hydrogen-bond donors (Lipinski definition) is 2. The van der Waals surface area contributed by atoms with Crippen LogP contribution in [0.4, 0.5) is 0 Å². The molecule has 1 aliphatic rings. The second-order valence-corrected chi connectivity index (χ2v) is 3.93. The number of aromatic hydroxyl groups is 1.